The molecule has 2 heterocycles. The van der Waals surface area contributed by atoms with Crippen molar-refractivity contribution in [2.75, 3.05) is 23.7 Å². The first-order valence-corrected chi connectivity index (χ1v) is 5.98. The maximum atomic E-state index is 12.5. The molecule has 0 spiro atoms. The lowest BCUT2D eigenvalue weighted by molar-refractivity contribution is -0.179. The predicted octanol–water partition coefficient (Wildman–Crippen LogP) is 3.10. The SMILES string of the molecule is Nc1cnc(N2CCC(C(F)(F)F)CC2)c(Cl)c1. The normalized spacial score (nSPS) is 18.1. The predicted molar refractivity (Wildman–Crippen MR) is 64.7 cm³/mol. The number of anilines is 2. The zero-order valence-corrected chi connectivity index (χ0v) is 10.3. The Morgan fingerprint density at radius 2 is 1.94 bits per heavy atom. The molecule has 0 aliphatic carbocycles. The summed E-state index contributed by atoms with van der Waals surface area (Å²) in [6.45, 7) is 0.613. The molecule has 18 heavy (non-hydrogen) atoms. The van der Waals surface area contributed by atoms with Gasteiger partial charge in [0.1, 0.15) is 5.82 Å². The fraction of sp³-hybridized carbons (Fsp3) is 0.545. The Labute approximate surface area is 108 Å². The third-order valence-corrected chi connectivity index (χ3v) is 3.38. The van der Waals surface area contributed by atoms with Gasteiger partial charge in [-0.25, -0.2) is 4.98 Å². The first-order valence-electron chi connectivity index (χ1n) is 5.60. The average Bonchev–Trinajstić information content (AvgIpc) is 2.28. The number of rotatable bonds is 1. The molecule has 1 aromatic heterocycles. The Bertz CT molecular complexity index is 428. The van der Waals surface area contributed by atoms with Crippen LogP contribution < -0.4 is 10.6 Å². The van der Waals surface area contributed by atoms with Gasteiger partial charge in [0.2, 0.25) is 0 Å². The van der Waals surface area contributed by atoms with E-state index in [1.165, 1.54) is 6.20 Å². The smallest absolute Gasteiger partial charge is 0.391 e. The van der Waals surface area contributed by atoms with Gasteiger partial charge in [-0.2, -0.15) is 13.2 Å². The van der Waals surface area contributed by atoms with Crippen molar-refractivity contribution in [1.82, 2.24) is 4.98 Å². The van der Waals surface area contributed by atoms with Crippen molar-refractivity contribution >= 4 is 23.1 Å². The molecule has 3 nitrogen and oxygen atoms in total. The van der Waals surface area contributed by atoms with Crippen LogP contribution in [0.5, 0.6) is 0 Å². The van der Waals surface area contributed by atoms with E-state index in [9.17, 15) is 13.2 Å². The highest BCUT2D eigenvalue weighted by Gasteiger charge is 2.41. The van der Waals surface area contributed by atoms with Crippen molar-refractivity contribution in [3.05, 3.63) is 17.3 Å². The Kier molecular flexibility index (Phi) is 3.56. The van der Waals surface area contributed by atoms with Crippen LogP contribution in [0, 0.1) is 5.92 Å². The summed E-state index contributed by atoms with van der Waals surface area (Å²) in [4.78, 5) is 5.84. The van der Waals surface area contributed by atoms with Crippen molar-refractivity contribution in [2.45, 2.75) is 19.0 Å². The zero-order chi connectivity index (χ0) is 13.3. The van der Waals surface area contributed by atoms with Crippen LogP contribution in [0.2, 0.25) is 5.02 Å². The van der Waals surface area contributed by atoms with Gasteiger partial charge in [0, 0.05) is 13.1 Å². The molecule has 1 aromatic rings. The van der Waals surface area contributed by atoms with Gasteiger partial charge in [0.25, 0.3) is 0 Å². The number of nitrogens with zero attached hydrogens (tertiary/aromatic N) is 2. The molecule has 1 fully saturated rings. The number of hydrogen-bond donors (Lipinski definition) is 1. The third kappa shape index (κ3) is 2.80. The first kappa shape index (κ1) is 13.3. The second kappa shape index (κ2) is 4.84. The van der Waals surface area contributed by atoms with E-state index in [-0.39, 0.29) is 12.8 Å². The summed E-state index contributed by atoms with van der Waals surface area (Å²) in [6, 6.07) is 1.56. The van der Waals surface area contributed by atoms with Gasteiger partial charge in [-0.05, 0) is 18.9 Å². The van der Waals surface area contributed by atoms with Gasteiger partial charge < -0.3 is 10.6 Å². The highest BCUT2D eigenvalue weighted by atomic mass is 35.5. The molecule has 0 saturated carbocycles. The van der Waals surface area contributed by atoms with Crippen LogP contribution >= 0.6 is 11.6 Å². The minimum absolute atomic E-state index is 0.0753. The van der Waals surface area contributed by atoms with Crippen molar-refractivity contribution < 1.29 is 13.2 Å². The Balaban J connectivity index is 2.06. The van der Waals surface area contributed by atoms with Crippen LogP contribution in [0.1, 0.15) is 12.8 Å². The van der Waals surface area contributed by atoms with E-state index in [2.05, 4.69) is 4.98 Å². The van der Waals surface area contributed by atoms with Crippen molar-refractivity contribution in [3.63, 3.8) is 0 Å². The summed E-state index contributed by atoms with van der Waals surface area (Å²) >= 11 is 5.98. The van der Waals surface area contributed by atoms with E-state index in [1.807, 2.05) is 0 Å². The van der Waals surface area contributed by atoms with Crippen molar-refractivity contribution in [2.24, 2.45) is 5.92 Å². The van der Waals surface area contributed by atoms with Gasteiger partial charge in [-0.1, -0.05) is 11.6 Å². The van der Waals surface area contributed by atoms with Gasteiger partial charge >= 0.3 is 6.18 Å². The molecule has 100 valence electrons. The van der Waals surface area contributed by atoms with Crippen LogP contribution in [0.15, 0.2) is 12.3 Å². The van der Waals surface area contributed by atoms with Crippen LogP contribution in [-0.2, 0) is 0 Å². The Morgan fingerprint density at radius 1 is 1.33 bits per heavy atom. The van der Waals surface area contributed by atoms with Crippen molar-refractivity contribution in [3.8, 4) is 0 Å². The summed E-state index contributed by atoms with van der Waals surface area (Å²) in [5.41, 5.74) is 5.96. The Hall–Kier alpha value is -1.17. The zero-order valence-electron chi connectivity index (χ0n) is 9.54. The summed E-state index contributed by atoms with van der Waals surface area (Å²) in [5, 5.41) is 0.375. The topological polar surface area (TPSA) is 42.1 Å². The van der Waals surface area contributed by atoms with Gasteiger partial charge in [-0.3, -0.25) is 0 Å². The molecule has 1 saturated heterocycles. The summed E-state index contributed by atoms with van der Waals surface area (Å²) in [5.74, 6) is -0.715. The largest absolute Gasteiger partial charge is 0.397 e. The number of nitrogens with two attached hydrogens (primary N) is 1. The summed E-state index contributed by atoms with van der Waals surface area (Å²) < 4.78 is 37.6. The lowest BCUT2D eigenvalue weighted by Gasteiger charge is -2.34. The maximum absolute atomic E-state index is 12.5. The number of aromatic nitrogens is 1. The molecule has 7 heteroatoms. The second-order valence-corrected chi connectivity index (χ2v) is 4.78. The van der Waals surface area contributed by atoms with E-state index in [0.717, 1.165) is 0 Å². The first-order chi connectivity index (χ1) is 8.38. The second-order valence-electron chi connectivity index (χ2n) is 4.38. The molecule has 1 aliphatic heterocycles. The fourth-order valence-corrected chi connectivity index (χ4v) is 2.39. The van der Waals surface area contributed by atoms with Crippen LogP contribution in [0.25, 0.3) is 0 Å². The van der Waals surface area contributed by atoms with Gasteiger partial charge in [-0.15, -0.1) is 0 Å². The molecule has 2 N–H and O–H groups in total. The molecular formula is C11H13ClF3N3. The van der Waals surface area contributed by atoms with E-state index in [4.69, 9.17) is 17.3 Å². The molecule has 0 atom stereocenters. The fourth-order valence-electron chi connectivity index (χ4n) is 2.10. The highest BCUT2D eigenvalue weighted by molar-refractivity contribution is 6.33. The number of hydrogen-bond acceptors (Lipinski definition) is 3. The van der Waals surface area contributed by atoms with Crippen LogP contribution in [0.4, 0.5) is 24.7 Å². The van der Waals surface area contributed by atoms with Crippen molar-refractivity contribution in [1.29, 1.82) is 0 Å². The quantitative estimate of drug-likeness (QED) is 0.859. The van der Waals surface area contributed by atoms with E-state index < -0.39 is 12.1 Å². The molecule has 0 amide bonds. The minimum atomic E-state index is -4.11. The number of nitrogen functional groups attached to an aromatic ring is 1. The van der Waals surface area contributed by atoms with E-state index in [0.29, 0.717) is 29.6 Å². The average molecular weight is 280 g/mol. The van der Waals surface area contributed by atoms with E-state index >= 15 is 0 Å². The number of halogens is 4. The van der Waals surface area contributed by atoms with E-state index in [1.54, 1.807) is 11.0 Å². The molecular weight excluding hydrogens is 267 g/mol. The monoisotopic (exact) mass is 279 g/mol. The van der Waals surface area contributed by atoms with Gasteiger partial charge in [0.05, 0.1) is 22.8 Å². The molecule has 1 aliphatic rings. The standard InChI is InChI=1S/C11H13ClF3N3/c12-9-5-8(16)6-17-10(9)18-3-1-7(2-4-18)11(13,14)15/h5-7H,1-4,16H2. The van der Waals surface area contributed by atoms with Crippen LogP contribution in [-0.4, -0.2) is 24.2 Å². The lowest BCUT2D eigenvalue weighted by atomic mass is 9.96. The van der Waals surface area contributed by atoms with Gasteiger partial charge in [0.15, 0.2) is 0 Å². The molecule has 0 bridgehead atoms. The third-order valence-electron chi connectivity index (χ3n) is 3.10. The summed E-state index contributed by atoms with van der Waals surface area (Å²) in [6.07, 6.45) is -2.50. The highest BCUT2D eigenvalue weighted by Crippen LogP contribution is 2.36. The molecule has 0 aromatic carbocycles. The lowest BCUT2D eigenvalue weighted by Crippen LogP contribution is -2.39. The molecule has 2 rings (SSSR count). The number of piperidine rings is 1. The molecule has 0 radical (unpaired) electrons. The summed E-state index contributed by atoms with van der Waals surface area (Å²) in [7, 11) is 0. The number of pyridine rings is 1. The maximum Gasteiger partial charge on any atom is 0.391 e. The Morgan fingerprint density at radius 3 is 2.44 bits per heavy atom. The minimum Gasteiger partial charge on any atom is -0.397 e. The van der Waals surface area contributed by atoms with Crippen LogP contribution in [0.3, 0.4) is 0 Å². The molecule has 0 unspecified atom stereocenters. The number of alkyl halides is 3.